The van der Waals surface area contributed by atoms with Gasteiger partial charge in [0.15, 0.2) is 6.61 Å². The zero-order chi connectivity index (χ0) is 18.2. The van der Waals surface area contributed by atoms with Gasteiger partial charge in [0.2, 0.25) is 0 Å². The van der Waals surface area contributed by atoms with Crippen LogP contribution >= 0.6 is 0 Å². The Balaban J connectivity index is 1.93. The van der Waals surface area contributed by atoms with Crippen molar-refractivity contribution in [3.8, 4) is 11.5 Å². The first-order valence-electron chi connectivity index (χ1n) is 8.26. The minimum atomic E-state index is -0.150. The van der Waals surface area contributed by atoms with Crippen LogP contribution in [0.1, 0.15) is 17.2 Å². The summed E-state index contributed by atoms with van der Waals surface area (Å²) in [5.74, 6) is 1.36. The lowest BCUT2D eigenvalue weighted by Gasteiger charge is -2.26. The van der Waals surface area contributed by atoms with Crippen molar-refractivity contribution in [2.75, 3.05) is 34.4 Å². The van der Waals surface area contributed by atoms with Gasteiger partial charge in [-0.05, 0) is 44.8 Å². The van der Waals surface area contributed by atoms with Gasteiger partial charge in [-0.3, -0.25) is 4.79 Å². The molecule has 0 aliphatic carbocycles. The van der Waals surface area contributed by atoms with E-state index in [1.54, 1.807) is 7.11 Å². The number of carbonyl (C=O) groups excluding carboxylic acids is 1. The van der Waals surface area contributed by atoms with Crippen molar-refractivity contribution >= 4 is 5.91 Å². The highest BCUT2D eigenvalue weighted by Crippen LogP contribution is 2.27. The molecule has 1 atom stereocenters. The van der Waals surface area contributed by atoms with Gasteiger partial charge in [-0.2, -0.15) is 0 Å². The highest BCUT2D eigenvalue weighted by Gasteiger charge is 2.19. The van der Waals surface area contributed by atoms with E-state index in [0.717, 1.165) is 16.9 Å². The molecule has 0 spiro atoms. The summed E-state index contributed by atoms with van der Waals surface area (Å²) in [6.45, 7) is 2.46. The van der Waals surface area contributed by atoms with Gasteiger partial charge in [-0.1, -0.05) is 30.3 Å². The Kier molecular flexibility index (Phi) is 6.83. The van der Waals surface area contributed by atoms with E-state index in [4.69, 9.17) is 9.47 Å². The largest absolute Gasteiger partial charge is 0.496 e. The van der Waals surface area contributed by atoms with Gasteiger partial charge in [-0.25, -0.2) is 0 Å². The van der Waals surface area contributed by atoms with Crippen LogP contribution in [-0.2, 0) is 4.79 Å². The van der Waals surface area contributed by atoms with Crippen LogP contribution in [0.3, 0.4) is 0 Å². The molecule has 0 aromatic heterocycles. The van der Waals surface area contributed by atoms with Crippen LogP contribution < -0.4 is 14.8 Å². The summed E-state index contributed by atoms with van der Waals surface area (Å²) in [4.78, 5) is 14.2. The quantitative estimate of drug-likeness (QED) is 0.801. The second-order valence-electron chi connectivity index (χ2n) is 6.13. The maximum absolute atomic E-state index is 12.1. The molecule has 2 aromatic carbocycles. The predicted octanol–water partition coefficient (Wildman–Crippen LogP) is 2.80. The second-order valence-corrected chi connectivity index (χ2v) is 6.13. The number of para-hydroxylation sites is 1. The van der Waals surface area contributed by atoms with E-state index in [1.165, 1.54) is 0 Å². The third kappa shape index (κ3) is 5.50. The molecule has 0 aliphatic heterocycles. The van der Waals surface area contributed by atoms with Crippen molar-refractivity contribution < 1.29 is 14.3 Å². The molecule has 2 rings (SSSR count). The van der Waals surface area contributed by atoms with Gasteiger partial charge in [0.1, 0.15) is 11.5 Å². The van der Waals surface area contributed by atoms with E-state index < -0.39 is 0 Å². The summed E-state index contributed by atoms with van der Waals surface area (Å²) >= 11 is 0. The topological polar surface area (TPSA) is 50.8 Å². The molecule has 0 saturated carbocycles. The smallest absolute Gasteiger partial charge is 0.258 e. The van der Waals surface area contributed by atoms with Crippen molar-refractivity contribution in [2.45, 2.75) is 13.0 Å². The van der Waals surface area contributed by atoms with Crippen LogP contribution in [0, 0.1) is 6.92 Å². The summed E-state index contributed by atoms with van der Waals surface area (Å²) < 4.78 is 11.0. The molecule has 0 radical (unpaired) electrons. The number of hydrogen-bond donors (Lipinski definition) is 1. The number of aryl methyl sites for hydroxylation is 1. The highest BCUT2D eigenvalue weighted by molar-refractivity contribution is 5.77. The van der Waals surface area contributed by atoms with Gasteiger partial charge in [-0.15, -0.1) is 0 Å². The van der Waals surface area contributed by atoms with E-state index in [9.17, 15) is 4.79 Å². The number of methoxy groups -OCH3 is 1. The first-order valence-corrected chi connectivity index (χ1v) is 8.26. The molecule has 1 N–H and O–H groups in total. The van der Waals surface area contributed by atoms with E-state index in [2.05, 4.69) is 10.2 Å². The first kappa shape index (κ1) is 18.8. The average Bonchev–Trinajstić information content (AvgIpc) is 2.60. The highest BCUT2D eigenvalue weighted by atomic mass is 16.5. The number of rotatable bonds is 8. The van der Waals surface area contributed by atoms with Crippen LogP contribution in [0.4, 0.5) is 0 Å². The number of amides is 1. The third-order valence-corrected chi connectivity index (χ3v) is 3.97. The fourth-order valence-electron chi connectivity index (χ4n) is 2.63. The number of carbonyl (C=O) groups is 1. The van der Waals surface area contributed by atoms with Gasteiger partial charge in [0.25, 0.3) is 5.91 Å². The van der Waals surface area contributed by atoms with Gasteiger partial charge in [0, 0.05) is 12.1 Å². The molecule has 0 fully saturated rings. The normalized spacial score (nSPS) is 11.9. The van der Waals surface area contributed by atoms with Crippen LogP contribution in [0.25, 0.3) is 0 Å². The molecule has 2 aromatic rings. The average molecular weight is 342 g/mol. The van der Waals surface area contributed by atoms with Crippen LogP contribution in [0.15, 0.2) is 48.5 Å². The van der Waals surface area contributed by atoms with E-state index in [0.29, 0.717) is 12.3 Å². The van der Waals surface area contributed by atoms with E-state index in [1.807, 2.05) is 69.6 Å². The van der Waals surface area contributed by atoms with Crippen LogP contribution in [0.5, 0.6) is 11.5 Å². The summed E-state index contributed by atoms with van der Waals surface area (Å²) in [7, 11) is 5.61. The Hall–Kier alpha value is -2.53. The van der Waals surface area contributed by atoms with Crippen molar-refractivity contribution in [3.05, 3.63) is 59.7 Å². The lowest BCUT2D eigenvalue weighted by Crippen LogP contribution is -2.37. The minimum absolute atomic E-state index is 0.00444. The number of nitrogens with zero attached hydrogens (tertiary/aromatic N) is 1. The number of hydrogen-bond acceptors (Lipinski definition) is 4. The Morgan fingerprint density at radius 2 is 1.92 bits per heavy atom. The predicted molar refractivity (Wildman–Crippen MR) is 99.1 cm³/mol. The van der Waals surface area contributed by atoms with Crippen molar-refractivity contribution in [2.24, 2.45) is 0 Å². The summed E-state index contributed by atoms with van der Waals surface area (Å²) in [6, 6.07) is 15.5. The molecule has 0 aliphatic rings. The molecule has 0 heterocycles. The van der Waals surface area contributed by atoms with Crippen molar-refractivity contribution in [1.29, 1.82) is 0 Å². The maximum atomic E-state index is 12.1. The molecule has 0 unspecified atom stereocenters. The molecule has 5 nitrogen and oxygen atoms in total. The van der Waals surface area contributed by atoms with Crippen molar-refractivity contribution in [3.63, 3.8) is 0 Å². The molecular weight excluding hydrogens is 316 g/mol. The standard InChI is InChI=1S/C20H26N2O3/c1-15-8-7-9-16(12-15)25-14-20(23)21-13-18(22(2)3)17-10-5-6-11-19(17)24-4/h5-12,18H,13-14H2,1-4H3,(H,21,23)/t18-/m1/s1. The third-order valence-electron chi connectivity index (χ3n) is 3.97. The fourth-order valence-corrected chi connectivity index (χ4v) is 2.63. The Morgan fingerprint density at radius 1 is 1.16 bits per heavy atom. The number of nitrogens with one attached hydrogen (secondary N) is 1. The van der Waals surface area contributed by atoms with Crippen LogP contribution in [0.2, 0.25) is 0 Å². The molecule has 0 bridgehead atoms. The zero-order valence-corrected chi connectivity index (χ0v) is 15.3. The Labute approximate surface area is 149 Å². The Bertz CT molecular complexity index is 701. The summed E-state index contributed by atoms with van der Waals surface area (Å²) in [5.41, 5.74) is 2.14. The molecular formula is C20H26N2O3. The van der Waals surface area contributed by atoms with Crippen molar-refractivity contribution in [1.82, 2.24) is 10.2 Å². The fraction of sp³-hybridized carbons (Fsp3) is 0.350. The number of benzene rings is 2. The molecule has 25 heavy (non-hydrogen) atoms. The molecule has 134 valence electrons. The first-order chi connectivity index (χ1) is 12.0. The van der Waals surface area contributed by atoms with Gasteiger partial charge >= 0.3 is 0 Å². The van der Waals surface area contributed by atoms with E-state index >= 15 is 0 Å². The minimum Gasteiger partial charge on any atom is -0.496 e. The molecule has 0 saturated heterocycles. The number of likely N-dealkylation sites (N-methyl/N-ethyl adjacent to an activating group) is 1. The lowest BCUT2D eigenvalue weighted by molar-refractivity contribution is -0.123. The zero-order valence-electron chi connectivity index (χ0n) is 15.3. The number of ether oxygens (including phenoxy) is 2. The summed E-state index contributed by atoms with van der Waals surface area (Å²) in [6.07, 6.45) is 0. The second kappa shape index (κ2) is 9.08. The molecule has 5 heteroatoms. The lowest BCUT2D eigenvalue weighted by atomic mass is 10.0. The van der Waals surface area contributed by atoms with Gasteiger partial charge in [0.05, 0.1) is 13.2 Å². The van der Waals surface area contributed by atoms with E-state index in [-0.39, 0.29) is 18.6 Å². The molecule has 1 amide bonds. The maximum Gasteiger partial charge on any atom is 0.258 e. The Morgan fingerprint density at radius 3 is 2.60 bits per heavy atom. The van der Waals surface area contributed by atoms with Crippen LogP contribution in [-0.4, -0.2) is 45.2 Å². The van der Waals surface area contributed by atoms with Gasteiger partial charge < -0.3 is 19.7 Å². The SMILES string of the molecule is COc1ccccc1[C@@H](CNC(=O)COc1cccc(C)c1)N(C)C. The summed E-state index contributed by atoms with van der Waals surface area (Å²) in [5, 5.41) is 2.94. The monoisotopic (exact) mass is 342 g/mol.